The molecule has 0 radical (unpaired) electrons. The maximum atomic E-state index is 6.06. The van der Waals surface area contributed by atoms with E-state index >= 15 is 0 Å². The molecule has 1 fully saturated rings. The van der Waals surface area contributed by atoms with Crippen LogP contribution in [0.5, 0.6) is 0 Å². The highest BCUT2D eigenvalue weighted by atomic mass is 35.5. The Morgan fingerprint density at radius 3 is 2.26 bits per heavy atom. The van der Waals surface area contributed by atoms with Crippen LogP contribution in [0.4, 0.5) is 5.95 Å². The summed E-state index contributed by atoms with van der Waals surface area (Å²) in [6, 6.07) is 5.84. The Labute approximate surface area is 151 Å². The van der Waals surface area contributed by atoms with Crippen LogP contribution in [-0.4, -0.2) is 47.6 Å². The molecule has 1 saturated heterocycles. The molecule has 0 N–H and O–H groups in total. The van der Waals surface area contributed by atoms with Gasteiger partial charge in [0.25, 0.3) is 0 Å². The molecule has 1 aliphatic heterocycles. The van der Waals surface area contributed by atoms with Gasteiger partial charge in [-0.05, 0) is 24.1 Å². The second-order valence-corrected chi connectivity index (χ2v) is 6.78. The molecule has 23 heavy (non-hydrogen) atoms. The fraction of sp³-hybridized carbons (Fsp3) is 0.375. The van der Waals surface area contributed by atoms with Gasteiger partial charge in [-0.1, -0.05) is 40.9 Å². The predicted octanol–water partition coefficient (Wildman–Crippen LogP) is 3.80. The lowest BCUT2D eigenvalue weighted by Gasteiger charge is -2.34. The van der Waals surface area contributed by atoms with Gasteiger partial charge in [0.1, 0.15) is 0 Å². The van der Waals surface area contributed by atoms with Crippen molar-refractivity contribution in [1.29, 1.82) is 0 Å². The monoisotopic (exact) mass is 370 g/mol. The number of nitrogens with zero attached hydrogens (tertiary/aromatic N) is 4. The van der Waals surface area contributed by atoms with Crippen molar-refractivity contribution in [2.24, 2.45) is 0 Å². The van der Waals surface area contributed by atoms with E-state index in [0.717, 1.165) is 45.1 Å². The van der Waals surface area contributed by atoms with Crippen molar-refractivity contribution in [3.05, 3.63) is 51.2 Å². The van der Waals surface area contributed by atoms with Crippen LogP contribution in [0.1, 0.15) is 5.56 Å². The standard InChI is InChI=1S/C16H17Cl3N4/c17-13-10-20-16(21-11-13)23-7-5-22(6-8-23)4-3-12-1-2-14(18)15(19)9-12/h1-2,9-11H,3-8H2. The van der Waals surface area contributed by atoms with Gasteiger partial charge >= 0.3 is 0 Å². The molecule has 0 bridgehead atoms. The molecule has 2 heterocycles. The van der Waals surface area contributed by atoms with Crippen molar-refractivity contribution in [2.75, 3.05) is 37.6 Å². The van der Waals surface area contributed by atoms with Crippen molar-refractivity contribution < 1.29 is 0 Å². The minimum atomic E-state index is 0.564. The lowest BCUT2D eigenvalue weighted by molar-refractivity contribution is 0.260. The third kappa shape index (κ3) is 4.48. The van der Waals surface area contributed by atoms with E-state index < -0.39 is 0 Å². The van der Waals surface area contributed by atoms with Gasteiger partial charge in [-0.25, -0.2) is 9.97 Å². The van der Waals surface area contributed by atoms with Gasteiger partial charge in [0.15, 0.2) is 0 Å². The predicted molar refractivity (Wildman–Crippen MR) is 95.9 cm³/mol. The molecule has 1 aliphatic rings. The summed E-state index contributed by atoms with van der Waals surface area (Å²) in [5.74, 6) is 0.749. The maximum absolute atomic E-state index is 6.06. The quantitative estimate of drug-likeness (QED) is 0.818. The van der Waals surface area contributed by atoms with Gasteiger partial charge < -0.3 is 4.90 Å². The van der Waals surface area contributed by atoms with Gasteiger partial charge in [0, 0.05) is 32.7 Å². The second-order valence-electron chi connectivity index (χ2n) is 5.53. The molecule has 0 aliphatic carbocycles. The highest BCUT2D eigenvalue weighted by Gasteiger charge is 2.18. The van der Waals surface area contributed by atoms with Crippen LogP contribution in [0.3, 0.4) is 0 Å². The van der Waals surface area contributed by atoms with E-state index in [2.05, 4.69) is 19.8 Å². The summed E-state index contributed by atoms with van der Waals surface area (Å²) < 4.78 is 0. The van der Waals surface area contributed by atoms with E-state index in [1.165, 1.54) is 5.56 Å². The van der Waals surface area contributed by atoms with E-state index in [-0.39, 0.29) is 0 Å². The molecular weight excluding hydrogens is 355 g/mol. The normalized spacial score (nSPS) is 15.9. The minimum absolute atomic E-state index is 0.564. The van der Waals surface area contributed by atoms with Crippen LogP contribution in [0.2, 0.25) is 15.1 Å². The largest absolute Gasteiger partial charge is 0.338 e. The molecule has 122 valence electrons. The summed E-state index contributed by atoms with van der Waals surface area (Å²) in [7, 11) is 0. The number of hydrogen-bond acceptors (Lipinski definition) is 4. The molecule has 7 heteroatoms. The van der Waals surface area contributed by atoms with Gasteiger partial charge in [-0.15, -0.1) is 0 Å². The number of aromatic nitrogens is 2. The van der Waals surface area contributed by atoms with E-state index in [1.54, 1.807) is 12.4 Å². The number of rotatable bonds is 4. The first kappa shape index (κ1) is 16.8. The molecule has 4 nitrogen and oxygen atoms in total. The van der Waals surface area contributed by atoms with Gasteiger partial charge in [-0.3, -0.25) is 4.90 Å². The lowest BCUT2D eigenvalue weighted by atomic mass is 10.1. The SMILES string of the molecule is Clc1cnc(N2CCN(CCc3ccc(Cl)c(Cl)c3)CC2)nc1. The first-order valence-electron chi connectivity index (χ1n) is 7.50. The van der Waals surface area contributed by atoms with Crippen LogP contribution < -0.4 is 4.90 Å². The van der Waals surface area contributed by atoms with E-state index in [0.29, 0.717) is 15.1 Å². The Kier molecular flexibility index (Phi) is 5.59. The van der Waals surface area contributed by atoms with E-state index in [1.807, 2.05) is 18.2 Å². The Bertz CT molecular complexity index is 655. The molecule has 0 unspecified atom stereocenters. The average molecular weight is 372 g/mol. The summed E-state index contributed by atoms with van der Waals surface area (Å²) in [6.07, 6.45) is 4.25. The lowest BCUT2D eigenvalue weighted by Crippen LogP contribution is -2.47. The van der Waals surface area contributed by atoms with Gasteiger partial charge in [-0.2, -0.15) is 0 Å². The Hall–Kier alpha value is -1.07. The number of piperazine rings is 1. The zero-order chi connectivity index (χ0) is 16.2. The maximum Gasteiger partial charge on any atom is 0.225 e. The topological polar surface area (TPSA) is 32.3 Å². The Morgan fingerprint density at radius 2 is 1.61 bits per heavy atom. The van der Waals surface area contributed by atoms with Crippen molar-refractivity contribution in [3.63, 3.8) is 0 Å². The minimum Gasteiger partial charge on any atom is -0.338 e. The first-order chi connectivity index (χ1) is 11.1. The van der Waals surface area contributed by atoms with E-state index in [4.69, 9.17) is 34.8 Å². The molecule has 3 rings (SSSR count). The molecule has 1 aromatic carbocycles. The van der Waals surface area contributed by atoms with Crippen molar-refractivity contribution in [3.8, 4) is 0 Å². The summed E-state index contributed by atoms with van der Waals surface area (Å²) in [6.45, 7) is 4.83. The number of hydrogen-bond donors (Lipinski definition) is 0. The van der Waals surface area contributed by atoms with Gasteiger partial charge in [0.05, 0.1) is 27.5 Å². The third-order valence-electron chi connectivity index (χ3n) is 3.96. The average Bonchev–Trinajstić information content (AvgIpc) is 2.57. The van der Waals surface area contributed by atoms with Crippen molar-refractivity contribution in [2.45, 2.75) is 6.42 Å². The first-order valence-corrected chi connectivity index (χ1v) is 8.64. The zero-order valence-corrected chi connectivity index (χ0v) is 14.8. The van der Waals surface area contributed by atoms with E-state index in [9.17, 15) is 0 Å². The number of benzene rings is 1. The summed E-state index contributed by atoms with van der Waals surface area (Å²) >= 11 is 17.8. The second kappa shape index (κ2) is 7.67. The molecule has 0 saturated carbocycles. The Morgan fingerprint density at radius 1 is 0.913 bits per heavy atom. The van der Waals surface area contributed by atoms with Crippen LogP contribution in [0.25, 0.3) is 0 Å². The van der Waals surface area contributed by atoms with Crippen LogP contribution in [0.15, 0.2) is 30.6 Å². The highest BCUT2D eigenvalue weighted by molar-refractivity contribution is 6.42. The van der Waals surface area contributed by atoms with Gasteiger partial charge in [0.2, 0.25) is 5.95 Å². The summed E-state index contributed by atoms with van der Waals surface area (Å²) in [5, 5.41) is 1.79. The smallest absolute Gasteiger partial charge is 0.225 e. The molecule has 0 amide bonds. The molecule has 2 aromatic rings. The fourth-order valence-corrected chi connectivity index (χ4v) is 3.04. The van der Waals surface area contributed by atoms with Crippen molar-refractivity contribution in [1.82, 2.24) is 14.9 Å². The van der Waals surface area contributed by atoms with Crippen molar-refractivity contribution >= 4 is 40.8 Å². The third-order valence-corrected chi connectivity index (χ3v) is 4.90. The summed E-state index contributed by atoms with van der Waals surface area (Å²) in [5.41, 5.74) is 1.21. The molecule has 1 aromatic heterocycles. The highest BCUT2D eigenvalue weighted by Crippen LogP contribution is 2.23. The van der Waals surface area contributed by atoms with Crippen LogP contribution >= 0.6 is 34.8 Å². The van der Waals surface area contributed by atoms with Crippen LogP contribution in [0, 0.1) is 0 Å². The zero-order valence-electron chi connectivity index (χ0n) is 12.6. The molecular formula is C16H17Cl3N4. The number of anilines is 1. The van der Waals surface area contributed by atoms with Crippen LogP contribution in [-0.2, 0) is 6.42 Å². The summed E-state index contributed by atoms with van der Waals surface area (Å²) in [4.78, 5) is 13.2. The molecule has 0 spiro atoms. The fourth-order valence-electron chi connectivity index (χ4n) is 2.62. The molecule has 0 atom stereocenters. The Balaban J connectivity index is 1.49. The number of halogens is 3.